The van der Waals surface area contributed by atoms with Crippen molar-refractivity contribution in [1.29, 1.82) is 0 Å². The summed E-state index contributed by atoms with van der Waals surface area (Å²) >= 11 is 0. The predicted octanol–water partition coefficient (Wildman–Crippen LogP) is 0.888. The van der Waals surface area contributed by atoms with Gasteiger partial charge in [-0.05, 0) is 20.8 Å². The van der Waals surface area contributed by atoms with Gasteiger partial charge >= 0.3 is 5.97 Å². The van der Waals surface area contributed by atoms with E-state index in [4.69, 9.17) is 15.6 Å². The Morgan fingerprint density at radius 2 is 2.00 bits per heavy atom. The zero-order valence-corrected chi connectivity index (χ0v) is 12.9. The van der Waals surface area contributed by atoms with E-state index in [0.29, 0.717) is 13.0 Å². The average Bonchev–Trinajstić information content (AvgIpc) is 2.25. The second-order valence-electron chi connectivity index (χ2n) is 6.75. The fourth-order valence-corrected chi connectivity index (χ4v) is 2.66. The molecule has 4 N–H and O–H groups in total. The van der Waals surface area contributed by atoms with Gasteiger partial charge in [0.1, 0.15) is 5.54 Å². The molecule has 0 aliphatic heterocycles. The standard InChI is InChI=1S/C14H26N2O4/c1-6-20-9-7-14(15,13(9,4)5)11(19)16-12(2,3)8-10(17)18/h9H,6-8,15H2,1-5H3,(H,16,19)(H,17,18). The second-order valence-corrected chi connectivity index (χ2v) is 6.75. The van der Waals surface area contributed by atoms with E-state index in [-0.39, 0.29) is 18.4 Å². The lowest BCUT2D eigenvalue weighted by Crippen LogP contribution is -2.76. The molecule has 0 spiro atoms. The number of hydrogen-bond donors (Lipinski definition) is 3. The van der Waals surface area contributed by atoms with Crippen molar-refractivity contribution in [3.63, 3.8) is 0 Å². The van der Waals surface area contributed by atoms with Gasteiger partial charge in [-0.3, -0.25) is 9.59 Å². The third-order valence-electron chi connectivity index (χ3n) is 4.28. The molecule has 6 nitrogen and oxygen atoms in total. The Hall–Kier alpha value is -1.14. The van der Waals surface area contributed by atoms with Crippen molar-refractivity contribution in [2.45, 2.75) is 64.6 Å². The summed E-state index contributed by atoms with van der Waals surface area (Å²) in [7, 11) is 0. The van der Waals surface area contributed by atoms with Crippen LogP contribution in [0.2, 0.25) is 0 Å². The van der Waals surface area contributed by atoms with Gasteiger partial charge in [0.15, 0.2) is 0 Å². The molecule has 1 aliphatic rings. The predicted molar refractivity (Wildman–Crippen MR) is 75.2 cm³/mol. The summed E-state index contributed by atoms with van der Waals surface area (Å²) < 4.78 is 5.58. The maximum Gasteiger partial charge on any atom is 0.305 e. The Labute approximate surface area is 120 Å². The Balaban J connectivity index is 2.76. The third-order valence-corrected chi connectivity index (χ3v) is 4.28. The smallest absolute Gasteiger partial charge is 0.305 e. The van der Waals surface area contributed by atoms with Crippen LogP contribution in [0.1, 0.15) is 47.5 Å². The molecule has 1 amide bonds. The summed E-state index contributed by atoms with van der Waals surface area (Å²) in [6.07, 6.45) is 0.248. The summed E-state index contributed by atoms with van der Waals surface area (Å²) in [6.45, 7) is 9.64. The molecule has 20 heavy (non-hydrogen) atoms. The molecule has 0 heterocycles. The molecule has 116 valence electrons. The van der Waals surface area contributed by atoms with E-state index in [1.165, 1.54) is 0 Å². The quantitative estimate of drug-likeness (QED) is 0.673. The molecule has 0 bridgehead atoms. The van der Waals surface area contributed by atoms with E-state index in [1.807, 2.05) is 20.8 Å². The number of rotatable bonds is 6. The van der Waals surface area contributed by atoms with Gasteiger partial charge in [0.2, 0.25) is 5.91 Å². The lowest BCUT2D eigenvalue weighted by atomic mass is 9.54. The number of nitrogens with one attached hydrogen (secondary N) is 1. The fourth-order valence-electron chi connectivity index (χ4n) is 2.66. The van der Waals surface area contributed by atoms with Gasteiger partial charge in [-0.1, -0.05) is 13.8 Å². The molecule has 2 atom stereocenters. The van der Waals surface area contributed by atoms with Gasteiger partial charge in [0.25, 0.3) is 0 Å². The largest absolute Gasteiger partial charge is 0.481 e. The normalized spacial score (nSPS) is 28.6. The molecule has 1 rings (SSSR count). The van der Waals surface area contributed by atoms with Crippen molar-refractivity contribution in [3.05, 3.63) is 0 Å². The van der Waals surface area contributed by atoms with E-state index in [0.717, 1.165) is 0 Å². The number of carbonyl (C=O) groups is 2. The maximum atomic E-state index is 12.4. The highest BCUT2D eigenvalue weighted by molar-refractivity contribution is 5.89. The zero-order valence-electron chi connectivity index (χ0n) is 12.9. The van der Waals surface area contributed by atoms with Gasteiger partial charge in [-0.15, -0.1) is 0 Å². The number of carbonyl (C=O) groups excluding carboxylic acids is 1. The molecule has 0 radical (unpaired) electrons. The van der Waals surface area contributed by atoms with Crippen molar-refractivity contribution in [2.75, 3.05) is 6.61 Å². The van der Waals surface area contributed by atoms with Crippen molar-refractivity contribution >= 4 is 11.9 Å². The van der Waals surface area contributed by atoms with Gasteiger partial charge in [0, 0.05) is 24.0 Å². The topological polar surface area (TPSA) is 102 Å². The number of carboxylic acid groups (broad SMARTS) is 1. The van der Waals surface area contributed by atoms with E-state index in [9.17, 15) is 9.59 Å². The first-order valence-corrected chi connectivity index (χ1v) is 6.91. The maximum absolute atomic E-state index is 12.4. The van der Waals surface area contributed by atoms with Gasteiger partial charge in [-0.25, -0.2) is 0 Å². The Bertz CT molecular complexity index is 406. The van der Waals surface area contributed by atoms with Crippen LogP contribution in [-0.2, 0) is 14.3 Å². The van der Waals surface area contributed by atoms with Crippen molar-refractivity contribution in [3.8, 4) is 0 Å². The highest BCUT2D eigenvalue weighted by Crippen LogP contribution is 2.50. The van der Waals surface area contributed by atoms with Gasteiger partial charge in [0.05, 0.1) is 12.5 Å². The molecule has 2 unspecified atom stereocenters. The first kappa shape index (κ1) is 16.9. The first-order valence-electron chi connectivity index (χ1n) is 6.91. The average molecular weight is 286 g/mol. The van der Waals surface area contributed by atoms with Crippen LogP contribution in [0.4, 0.5) is 0 Å². The molecule has 0 aromatic heterocycles. The highest BCUT2D eigenvalue weighted by atomic mass is 16.5. The molecule has 0 aromatic carbocycles. The van der Waals surface area contributed by atoms with Crippen molar-refractivity contribution in [2.24, 2.45) is 11.1 Å². The van der Waals surface area contributed by atoms with E-state index in [2.05, 4.69) is 5.32 Å². The Morgan fingerprint density at radius 1 is 1.45 bits per heavy atom. The van der Waals surface area contributed by atoms with E-state index < -0.39 is 22.5 Å². The number of ether oxygens (including phenoxy) is 1. The minimum atomic E-state index is -1.03. The van der Waals surface area contributed by atoms with Gasteiger partial charge < -0.3 is 20.9 Å². The molecule has 6 heteroatoms. The van der Waals surface area contributed by atoms with E-state index >= 15 is 0 Å². The number of amides is 1. The summed E-state index contributed by atoms with van der Waals surface area (Å²) in [6, 6.07) is 0. The van der Waals surface area contributed by atoms with Crippen LogP contribution in [0.3, 0.4) is 0 Å². The number of hydrogen-bond acceptors (Lipinski definition) is 4. The number of carboxylic acids is 1. The molecule has 1 saturated carbocycles. The van der Waals surface area contributed by atoms with Crippen LogP contribution in [0, 0.1) is 5.41 Å². The van der Waals surface area contributed by atoms with Crippen molar-refractivity contribution in [1.82, 2.24) is 5.32 Å². The van der Waals surface area contributed by atoms with Crippen LogP contribution < -0.4 is 11.1 Å². The Morgan fingerprint density at radius 3 is 2.40 bits per heavy atom. The minimum Gasteiger partial charge on any atom is -0.481 e. The zero-order chi connectivity index (χ0) is 15.8. The lowest BCUT2D eigenvalue weighted by Gasteiger charge is -2.58. The molecule has 0 saturated heterocycles. The van der Waals surface area contributed by atoms with Crippen LogP contribution in [-0.4, -0.2) is 40.8 Å². The SMILES string of the molecule is CCOC1CC(N)(C(=O)NC(C)(C)CC(=O)O)C1(C)C. The van der Waals surface area contributed by atoms with Crippen LogP contribution in [0.5, 0.6) is 0 Å². The highest BCUT2D eigenvalue weighted by Gasteiger charge is 2.63. The van der Waals surface area contributed by atoms with Crippen molar-refractivity contribution < 1.29 is 19.4 Å². The minimum absolute atomic E-state index is 0.0502. The second kappa shape index (κ2) is 5.33. The lowest BCUT2D eigenvalue weighted by molar-refractivity contribution is -0.172. The van der Waals surface area contributed by atoms with E-state index in [1.54, 1.807) is 13.8 Å². The van der Waals surface area contributed by atoms with Gasteiger partial charge in [-0.2, -0.15) is 0 Å². The third kappa shape index (κ3) is 2.96. The molecular weight excluding hydrogens is 260 g/mol. The molecule has 0 aromatic rings. The summed E-state index contributed by atoms with van der Waals surface area (Å²) in [5.74, 6) is -1.27. The first-order chi connectivity index (χ1) is 8.96. The molecular formula is C14H26N2O4. The van der Waals surface area contributed by atoms with Crippen LogP contribution in [0.15, 0.2) is 0 Å². The summed E-state index contributed by atoms with van der Waals surface area (Å²) in [5, 5.41) is 11.6. The monoisotopic (exact) mass is 286 g/mol. The summed E-state index contributed by atoms with van der Waals surface area (Å²) in [4.78, 5) is 23.2. The summed E-state index contributed by atoms with van der Waals surface area (Å²) in [5.41, 5.74) is 3.91. The number of nitrogens with two attached hydrogens (primary N) is 1. The molecule has 1 fully saturated rings. The van der Waals surface area contributed by atoms with Crippen LogP contribution in [0.25, 0.3) is 0 Å². The Kier molecular flexibility index (Phi) is 4.51. The number of aliphatic carboxylic acids is 1. The fraction of sp³-hybridized carbons (Fsp3) is 0.857. The van der Waals surface area contributed by atoms with Crippen LogP contribution >= 0.6 is 0 Å². The molecule has 1 aliphatic carbocycles.